The molecule has 0 spiro atoms. The van der Waals surface area contributed by atoms with Crippen LogP contribution in [0.2, 0.25) is 0 Å². The summed E-state index contributed by atoms with van der Waals surface area (Å²) < 4.78 is 17.2. The zero-order valence-electron chi connectivity index (χ0n) is 40.1. The van der Waals surface area contributed by atoms with Crippen molar-refractivity contribution in [2.75, 3.05) is 41.0 Å². The van der Waals surface area contributed by atoms with Gasteiger partial charge in [-0.25, -0.2) is 0 Å². The highest BCUT2D eigenvalue weighted by atomic mass is 16.6. The van der Waals surface area contributed by atoms with E-state index in [0.717, 1.165) is 83.5 Å². The lowest BCUT2D eigenvalue weighted by molar-refractivity contribution is -0.889. The lowest BCUT2D eigenvalue weighted by Gasteiger charge is -2.34. The van der Waals surface area contributed by atoms with Gasteiger partial charge in [0.05, 0.1) is 40.3 Å². The summed E-state index contributed by atoms with van der Waals surface area (Å²) >= 11 is 0. The first-order chi connectivity index (χ1) is 29.6. The van der Waals surface area contributed by atoms with Crippen LogP contribution >= 0.6 is 0 Å². The number of aliphatic carboxylic acids is 1. The predicted octanol–water partition coefficient (Wildman–Crippen LogP) is 12.8. The van der Waals surface area contributed by atoms with Crippen LogP contribution in [0.3, 0.4) is 0 Å². The van der Waals surface area contributed by atoms with Gasteiger partial charge in [0.2, 0.25) is 0 Å². The highest BCUT2D eigenvalue weighted by Crippen LogP contribution is 2.15. The van der Waals surface area contributed by atoms with Crippen molar-refractivity contribution in [3.05, 3.63) is 60.8 Å². The van der Waals surface area contributed by atoms with Gasteiger partial charge in [0.15, 0.2) is 6.10 Å². The van der Waals surface area contributed by atoms with Crippen molar-refractivity contribution in [1.29, 1.82) is 0 Å². The number of likely N-dealkylation sites (N-methyl/N-ethyl adjacent to an activating group) is 1. The van der Waals surface area contributed by atoms with E-state index >= 15 is 0 Å². The van der Waals surface area contributed by atoms with Crippen molar-refractivity contribution >= 4 is 17.9 Å². The Balaban J connectivity index is 4.32. The minimum absolute atomic E-state index is 0.0325. The maximum absolute atomic E-state index is 12.8. The minimum atomic E-state index is -1.13. The van der Waals surface area contributed by atoms with Gasteiger partial charge in [-0.05, 0) is 57.8 Å². The normalized spacial score (nSPS) is 13.4. The lowest BCUT2D eigenvalue weighted by atomic mass is 10.0. The Labute approximate surface area is 375 Å². The first-order valence-corrected chi connectivity index (χ1v) is 24.8. The number of ether oxygens (including phenoxy) is 3. The fraction of sp³-hybridized carbons (Fsp3) is 0.755. The van der Waals surface area contributed by atoms with E-state index in [-0.39, 0.29) is 42.7 Å². The summed E-state index contributed by atoms with van der Waals surface area (Å²) in [5.41, 5.74) is 0. The minimum Gasteiger partial charge on any atom is -0.544 e. The molecule has 0 aliphatic heterocycles. The molecule has 0 rings (SSSR count). The zero-order valence-corrected chi connectivity index (χ0v) is 40.1. The van der Waals surface area contributed by atoms with Gasteiger partial charge >= 0.3 is 11.9 Å². The van der Waals surface area contributed by atoms with Crippen LogP contribution in [0, 0.1) is 0 Å². The van der Waals surface area contributed by atoms with Crippen LogP contribution < -0.4 is 5.11 Å². The first-order valence-electron chi connectivity index (χ1n) is 24.8. The van der Waals surface area contributed by atoms with E-state index in [2.05, 4.69) is 74.6 Å². The third-order valence-corrected chi connectivity index (χ3v) is 10.9. The fourth-order valence-corrected chi connectivity index (χ4v) is 7.10. The monoisotopic (exact) mass is 856 g/mol. The van der Waals surface area contributed by atoms with Crippen LogP contribution in [0.25, 0.3) is 0 Å². The summed E-state index contributed by atoms with van der Waals surface area (Å²) in [6.45, 7) is 4.54. The fourth-order valence-electron chi connectivity index (χ4n) is 7.10. The molecule has 0 heterocycles. The van der Waals surface area contributed by atoms with Crippen molar-refractivity contribution in [3.8, 4) is 0 Å². The Hall–Kier alpha value is -2.97. The lowest BCUT2D eigenvalue weighted by Crippen LogP contribution is -2.55. The molecule has 0 saturated carbocycles. The van der Waals surface area contributed by atoms with Crippen LogP contribution in [0.4, 0.5) is 0 Å². The van der Waals surface area contributed by atoms with E-state index in [9.17, 15) is 19.5 Å². The standard InChI is InChI=1S/C53H93NO7/c1-6-8-10-12-14-16-18-20-22-24-25-26-28-29-31-33-35-37-39-41-43-51(55)60-48-49(47-59-46-45-50(53(57)58)54(3,4)5)61-52(56)44-42-40-38-36-34-32-30-27-23-21-19-17-15-13-11-9-7-2/h8,10,14,16,20,22,25-26,29,31,49-50H,6-7,9,11-13,15,17-19,21,23-24,27-28,30,32-48H2,1-5H3/b10-8+,16-14+,22-20+,26-25+,31-29+. The Morgan fingerprint density at radius 2 is 0.918 bits per heavy atom. The van der Waals surface area contributed by atoms with Gasteiger partial charge in [0, 0.05) is 19.3 Å². The quantitative estimate of drug-likeness (QED) is 0.0260. The van der Waals surface area contributed by atoms with E-state index in [1.54, 1.807) is 21.1 Å². The number of carbonyl (C=O) groups excluding carboxylic acids is 3. The summed E-state index contributed by atoms with van der Waals surface area (Å²) in [5, 5.41) is 11.7. The van der Waals surface area contributed by atoms with Crippen LogP contribution in [0.5, 0.6) is 0 Å². The number of unbranched alkanes of at least 4 members (excludes halogenated alkanes) is 20. The second kappa shape index (κ2) is 43.7. The average molecular weight is 856 g/mol. The third-order valence-electron chi connectivity index (χ3n) is 10.9. The molecule has 61 heavy (non-hydrogen) atoms. The summed E-state index contributed by atoms with van der Waals surface area (Å²) in [6.07, 6.45) is 53.9. The molecule has 0 bridgehead atoms. The third kappa shape index (κ3) is 42.1. The summed E-state index contributed by atoms with van der Waals surface area (Å²) in [6, 6.07) is -0.731. The summed E-state index contributed by atoms with van der Waals surface area (Å²) in [4.78, 5) is 37.0. The summed E-state index contributed by atoms with van der Waals surface area (Å²) in [5.74, 6) is -1.76. The van der Waals surface area contributed by atoms with Gasteiger partial charge in [-0.3, -0.25) is 9.59 Å². The van der Waals surface area contributed by atoms with Crippen molar-refractivity contribution in [2.45, 2.75) is 219 Å². The number of quaternary nitrogens is 1. The molecule has 0 aromatic carbocycles. The molecule has 0 saturated heterocycles. The van der Waals surface area contributed by atoms with Crippen LogP contribution in [-0.2, 0) is 28.6 Å². The number of esters is 2. The van der Waals surface area contributed by atoms with Crippen molar-refractivity contribution in [2.24, 2.45) is 0 Å². The smallest absolute Gasteiger partial charge is 0.306 e. The van der Waals surface area contributed by atoms with E-state index in [0.29, 0.717) is 12.8 Å². The largest absolute Gasteiger partial charge is 0.544 e. The van der Waals surface area contributed by atoms with Crippen molar-refractivity contribution < 1.29 is 38.2 Å². The number of hydrogen-bond acceptors (Lipinski definition) is 7. The van der Waals surface area contributed by atoms with Crippen LogP contribution in [0.1, 0.15) is 206 Å². The zero-order chi connectivity index (χ0) is 44.9. The van der Waals surface area contributed by atoms with Crippen LogP contribution in [-0.4, -0.2) is 75.5 Å². The molecule has 0 N–H and O–H groups in total. The molecule has 0 fully saturated rings. The molecule has 8 heteroatoms. The molecule has 2 unspecified atom stereocenters. The second-order valence-corrected chi connectivity index (χ2v) is 17.7. The van der Waals surface area contributed by atoms with E-state index < -0.39 is 18.1 Å². The molecule has 2 atom stereocenters. The van der Waals surface area contributed by atoms with E-state index in [1.807, 2.05) is 0 Å². The van der Waals surface area contributed by atoms with Crippen molar-refractivity contribution in [1.82, 2.24) is 0 Å². The molecule has 8 nitrogen and oxygen atoms in total. The Morgan fingerprint density at radius 1 is 0.508 bits per heavy atom. The highest BCUT2D eigenvalue weighted by Gasteiger charge is 2.25. The Kier molecular flexibility index (Phi) is 41.5. The van der Waals surface area contributed by atoms with E-state index in [4.69, 9.17) is 14.2 Å². The molecule has 0 aromatic rings. The van der Waals surface area contributed by atoms with Gasteiger partial charge in [0.25, 0.3) is 0 Å². The molecular formula is C53H93NO7. The van der Waals surface area contributed by atoms with Crippen LogP contribution in [0.15, 0.2) is 60.8 Å². The number of nitrogens with zero attached hydrogens (tertiary/aromatic N) is 1. The molecule has 0 radical (unpaired) electrons. The number of hydrogen-bond donors (Lipinski definition) is 0. The Morgan fingerprint density at radius 3 is 1.36 bits per heavy atom. The van der Waals surface area contributed by atoms with Gasteiger partial charge in [-0.1, -0.05) is 190 Å². The molecule has 0 amide bonds. The van der Waals surface area contributed by atoms with E-state index in [1.165, 1.54) is 89.9 Å². The molecule has 0 aromatic heterocycles. The van der Waals surface area contributed by atoms with Crippen molar-refractivity contribution in [3.63, 3.8) is 0 Å². The molecule has 352 valence electrons. The Bertz CT molecular complexity index is 1180. The topological polar surface area (TPSA) is 102 Å². The van der Waals surface area contributed by atoms with Gasteiger partial charge in [-0.2, -0.15) is 0 Å². The SMILES string of the molecule is CC/C=C/C/C=C/C/C=C/C/C=C/C/C=C/CCCCCCC(=O)OCC(COCCC(C(=O)[O-])[N+](C)(C)C)OC(=O)CCCCCCCCCCCCCCCCCCC. The maximum Gasteiger partial charge on any atom is 0.306 e. The maximum atomic E-state index is 12.8. The van der Waals surface area contributed by atoms with Gasteiger partial charge in [0.1, 0.15) is 12.6 Å². The highest BCUT2D eigenvalue weighted by molar-refractivity contribution is 5.70. The number of carboxylic acids is 1. The molecule has 0 aliphatic carbocycles. The number of carbonyl (C=O) groups is 3. The van der Waals surface area contributed by atoms with Gasteiger partial charge < -0.3 is 28.6 Å². The van der Waals surface area contributed by atoms with Gasteiger partial charge in [-0.15, -0.1) is 0 Å². The number of carboxylic acid groups (broad SMARTS) is 1. The molecular weight excluding hydrogens is 763 g/mol. The second-order valence-electron chi connectivity index (χ2n) is 17.7. The summed E-state index contributed by atoms with van der Waals surface area (Å²) in [7, 11) is 5.41. The first kappa shape index (κ1) is 58.0. The average Bonchev–Trinajstić information content (AvgIpc) is 3.22. The predicted molar refractivity (Wildman–Crippen MR) is 254 cm³/mol. The molecule has 0 aliphatic rings. The number of allylic oxidation sites excluding steroid dienone is 10. The number of rotatable bonds is 44.